The Hall–Kier alpha value is -1.29. The van der Waals surface area contributed by atoms with Crippen LogP contribution in [0.2, 0.25) is 0 Å². The van der Waals surface area contributed by atoms with Gasteiger partial charge in [-0.25, -0.2) is 4.98 Å². The molecule has 0 bridgehead atoms. The van der Waals surface area contributed by atoms with Gasteiger partial charge in [0, 0.05) is 18.3 Å². The van der Waals surface area contributed by atoms with Crippen molar-refractivity contribution in [3.05, 3.63) is 18.3 Å². The van der Waals surface area contributed by atoms with Crippen LogP contribution in [0, 0.1) is 0 Å². The molecule has 1 aromatic heterocycles. The van der Waals surface area contributed by atoms with E-state index in [-0.39, 0.29) is 5.54 Å². The van der Waals surface area contributed by atoms with Gasteiger partial charge in [-0.2, -0.15) is 0 Å². The highest BCUT2D eigenvalue weighted by Gasteiger charge is 2.20. The van der Waals surface area contributed by atoms with E-state index in [1.807, 2.05) is 12.1 Å². The second-order valence-electron chi connectivity index (χ2n) is 4.50. The Morgan fingerprint density at radius 3 is 2.67 bits per heavy atom. The molecule has 1 rings (SSSR count). The summed E-state index contributed by atoms with van der Waals surface area (Å²) in [5.41, 5.74) is 6.55. The zero-order valence-electron chi connectivity index (χ0n) is 9.91. The number of hydrogen-bond acceptors (Lipinski definition) is 4. The molecule has 0 aliphatic heterocycles. The van der Waals surface area contributed by atoms with Gasteiger partial charge in [-0.1, -0.05) is 0 Å². The summed E-state index contributed by atoms with van der Waals surface area (Å²) >= 11 is 0. The molecule has 4 nitrogen and oxygen atoms in total. The summed E-state index contributed by atoms with van der Waals surface area (Å²) < 4.78 is 0. The number of anilines is 2. The largest absolute Gasteiger partial charge is 0.396 e. The van der Waals surface area contributed by atoms with Crippen molar-refractivity contribution in [2.24, 2.45) is 0 Å². The van der Waals surface area contributed by atoms with Crippen LogP contribution >= 0.6 is 0 Å². The van der Waals surface area contributed by atoms with Gasteiger partial charge >= 0.3 is 0 Å². The third kappa shape index (κ3) is 3.09. The number of likely N-dealkylation sites (N-methyl/N-ethyl adjacent to an activating group) is 1. The molecule has 1 aromatic rings. The fourth-order valence-electron chi connectivity index (χ4n) is 1.02. The van der Waals surface area contributed by atoms with Gasteiger partial charge in [-0.15, -0.1) is 0 Å². The third-order valence-electron chi connectivity index (χ3n) is 2.74. The molecule has 0 saturated carbocycles. The molecule has 0 atom stereocenters. The van der Waals surface area contributed by atoms with Crippen LogP contribution in [0.15, 0.2) is 18.3 Å². The fraction of sp³-hybridized carbons (Fsp3) is 0.545. The Labute approximate surface area is 91.5 Å². The number of nitrogen functional groups attached to an aromatic ring is 1. The first-order chi connectivity index (χ1) is 6.93. The highest BCUT2D eigenvalue weighted by molar-refractivity contribution is 5.60. The standard InChI is InChI=1S/C11H20N4/c1-11(2,15(3)4)8-14-10-9(12)6-5-7-13-10/h5-7H,8,12H2,1-4H3,(H,13,14). The minimum Gasteiger partial charge on any atom is -0.396 e. The first-order valence-electron chi connectivity index (χ1n) is 5.05. The van der Waals surface area contributed by atoms with Crippen molar-refractivity contribution >= 4 is 11.5 Å². The van der Waals surface area contributed by atoms with Gasteiger partial charge in [0.1, 0.15) is 5.82 Å². The normalized spacial score (nSPS) is 11.8. The molecule has 1 heterocycles. The van der Waals surface area contributed by atoms with Gasteiger partial charge in [0.15, 0.2) is 0 Å². The van der Waals surface area contributed by atoms with Gasteiger partial charge in [0.25, 0.3) is 0 Å². The van der Waals surface area contributed by atoms with E-state index in [1.165, 1.54) is 0 Å². The van der Waals surface area contributed by atoms with Crippen LogP contribution < -0.4 is 11.1 Å². The lowest BCUT2D eigenvalue weighted by molar-refractivity contribution is 0.210. The summed E-state index contributed by atoms with van der Waals surface area (Å²) in [6.45, 7) is 5.14. The Morgan fingerprint density at radius 2 is 2.13 bits per heavy atom. The van der Waals surface area contributed by atoms with Crippen LogP contribution in [-0.2, 0) is 0 Å². The number of nitrogens with one attached hydrogen (secondary N) is 1. The van der Waals surface area contributed by atoms with Crippen molar-refractivity contribution in [2.75, 3.05) is 31.7 Å². The minimum atomic E-state index is 0.0734. The van der Waals surface area contributed by atoms with Crippen LogP contribution in [0.4, 0.5) is 11.5 Å². The summed E-state index contributed by atoms with van der Waals surface area (Å²) in [6.07, 6.45) is 1.74. The molecule has 0 radical (unpaired) electrons. The molecule has 3 N–H and O–H groups in total. The molecule has 0 unspecified atom stereocenters. The van der Waals surface area contributed by atoms with E-state index in [1.54, 1.807) is 6.20 Å². The average Bonchev–Trinajstić information content (AvgIpc) is 2.16. The predicted octanol–water partition coefficient (Wildman–Crippen LogP) is 1.42. The van der Waals surface area contributed by atoms with Crippen molar-refractivity contribution in [2.45, 2.75) is 19.4 Å². The highest BCUT2D eigenvalue weighted by Crippen LogP contribution is 2.16. The first-order valence-corrected chi connectivity index (χ1v) is 5.05. The number of hydrogen-bond donors (Lipinski definition) is 2. The van der Waals surface area contributed by atoms with Crippen LogP contribution in [-0.4, -0.2) is 36.1 Å². The van der Waals surface area contributed by atoms with Gasteiger partial charge in [-0.05, 0) is 40.1 Å². The third-order valence-corrected chi connectivity index (χ3v) is 2.74. The first kappa shape index (κ1) is 11.8. The molecule has 84 valence electrons. The summed E-state index contributed by atoms with van der Waals surface area (Å²) in [5.74, 6) is 0.757. The lowest BCUT2D eigenvalue weighted by Gasteiger charge is -2.32. The van der Waals surface area contributed by atoms with Crippen LogP contribution in [0.3, 0.4) is 0 Å². The molecule has 0 spiro atoms. The van der Waals surface area contributed by atoms with E-state index < -0.39 is 0 Å². The minimum absolute atomic E-state index is 0.0734. The summed E-state index contributed by atoms with van der Waals surface area (Å²) in [4.78, 5) is 6.35. The van der Waals surface area contributed by atoms with Crippen molar-refractivity contribution in [3.8, 4) is 0 Å². The van der Waals surface area contributed by atoms with E-state index in [2.05, 4.69) is 43.1 Å². The van der Waals surface area contributed by atoms with Gasteiger partial charge in [0.2, 0.25) is 0 Å². The molecule has 0 amide bonds. The highest BCUT2D eigenvalue weighted by atomic mass is 15.2. The van der Waals surface area contributed by atoms with E-state index in [9.17, 15) is 0 Å². The van der Waals surface area contributed by atoms with Gasteiger partial charge in [0.05, 0.1) is 5.69 Å². The summed E-state index contributed by atoms with van der Waals surface area (Å²) in [6, 6.07) is 3.68. The van der Waals surface area contributed by atoms with E-state index in [4.69, 9.17) is 5.73 Å². The van der Waals surface area contributed by atoms with Crippen molar-refractivity contribution in [3.63, 3.8) is 0 Å². The topological polar surface area (TPSA) is 54.2 Å². The molecule has 0 aromatic carbocycles. The van der Waals surface area contributed by atoms with Crippen molar-refractivity contribution < 1.29 is 0 Å². The van der Waals surface area contributed by atoms with Crippen LogP contribution in [0.1, 0.15) is 13.8 Å². The molecule has 0 saturated heterocycles. The fourth-order valence-corrected chi connectivity index (χ4v) is 1.02. The summed E-state index contributed by atoms with van der Waals surface area (Å²) in [5, 5.41) is 3.26. The Balaban J connectivity index is 2.62. The maximum absolute atomic E-state index is 5.79. The molecule has 0 fully saturated rings. The summed E-state index contributed by atoms with van der Waals surface area (Å²) in [7, 11) is 4.12. The predicted molar refractivity (Wildman–Crippen MR) is 64.9 cm³/mol. The zero-order chi connectivity index (χ0) is 11.5. The van der Waals surface area contributed by atoms with Crippen molar-refractivity contribution in [1.82, 2.24) is 9.88 Å². The number of rotatable bonds is 4. The Morgan fingerprint density at radius 1 is 1.47 bits per heavy atom. The number of nitrogens with two attached hydrogens (primary N) is 1. The number of nitrogens with zero attached hydrogens (tertiary/aromatic N) is 2. The van der Waals surface area contributed by atoms with Gasteiger partial charge in [-0.3, -0.25) is 0 Å². The number of aromatic nitrogens is 1. The number of pyridine rings is 1. The Bertz CT molecular complexity index is 320. The van der Waals surface area contributed by atoms with E-state index in [0.717, 1.165) is 12.4 Å². The molecule has 0 aliphatic rings. The zero-order valence-corrected chi connectivity index (χ0v) is 9.91. The molecular weight excluding hydrogens is 188 g/mol. The lowest BCUT2D eigenvalue weighted by Crippen LogP contribution is -2.44. The second-order valence-corrected chi connectivity index (χ2v) is 4.50. The van der Waals surface area contributed by atoms with E-state index in [0.29, 0.717) is 5.69 Å². The quantitative estimate of drug-likeness (QED) is 0.785. The molecule has 15 heavy (non-hydrogen) atoms. The maximum Gasteiger partial charge on any atom is 0.149 e. The smallest absolute Gasteiger partial charge is 0.149 e. The average molecular weight is 208 g/mol. The molecule has 0 aliphatic carbocycles. The lowest BCUT2D eigenvalue weighted by atomic mass is 10.0. The van der Waals surface area contributed by atoms with Crippen LogP contribution in [0.5, 0.6) is 0 Å². The van der Waals surface area contributed by atoms with E-state index >= 15 is 0 Å². The SMILES string of the molecule is CN(C)C(C)(C)CNc1ncccc1N. The van der Waals surface area contributed by atoms with Crippen LogP contribution in [0.25, 0.3) is 0 Å². The van der Waals surface area contributed by atoms with Crippen molar-refractivity contribution in [1.29, 1.82) is 0 Å². The second kappa shape index (κ2) is 4.49. The molecular formula is C11H20N4. The van der Waals surface area contributed by atoms with Gasteiger partial charge < -0.3 is 16.0 Å². The Kier molecular flexibility index (Phi) is 3.52. The maximum atomic E-state index is 5.79. The molecule has 4 heteroatoms. The monoisotopic (exact) mass is 208 g/mol.